The lowest BCUT2D eigenvalue weighted by atomic mass is 10.3. The number of hydrogen-bond acceptors (Lipinski definition) is 2. The first kappa shape index (κ1) is 9.60. The van der Waals surface area contributed by atoms with Crippen LogP contribution in [0.4, 0.5) is 0 Å². The number of thiophene rings is 1. The van der Waals surface area contributed by atoms with Gasteiger partial charge >= 0.3 is 0 Å². The SMILES string of the molecule is c1csc(CCn2cnc3ccccc32)c1. The van der Waals surface area contributed by atoms with Gasteiger partial charge in [-0.25, -0.2) is 4.98 Å². The van der Waals surface area contributed by atoms with Crippen LogP contribution in [0.5, 0.6) is 0 Å². The smallest absolute Gasteiger partial charge is 0.0958 e. The predicted octanol–water partition coefficient (Wildman–Crippen LogP) is 3.34. The summed E-state index contributed by atoms with van der Waals surface area (Å²) in [6, 6.07) is 12.5. The topological polar surface area (TPSA) is 17.8 Å². The third-order valence-corrected chi connectivity index (χ3v) is 3.64. The van der Waals surface area contributed by atoms with Crippen molar-refractivity contribution in [1.82, 2.24) is 9.55 Å². The highest BCUT2D eigenvalue weighted by molar-refractivity contribution is 7.09. The minimum absolute atomic E-state index is 1.00. The van der Waals surface area contributed by atoms with E-state index in [0.29, 0.717) is 0 Å². The zero-order valence-electron chi connectivity index (χ0n) is 8.84. The molecular formula is C13H12N2S. The summed E-state index contributed by atoms with van der Waals surface area (Å²) in [5.74, 6) is 0. The van der Waals surface area contributed by atoms with Gasteiger partial charge in [-0.3, -0.25) is 0 Å². The van der Waals surface area contributed by atoms with Crippen molar-refractivity contribution >= 4 is 22.4 Å². The number of para-hydroxylation sites is 2. The van der Waals surface area contributed by atoms with E-state index in [0.717, 1.165) is 18.5 Å². The van der Waals surface area contributed by atoms with Crippen molar-refractivity contribution in [3.63, 3.8) is 0 Å². The van der Waals surface area contributed by atoms with Crippen LogP contribution in [-0.4, -0.2) is 9.55 Å². The van der Waals surface area contributed by atoms with Gasteiger partial charge in [0.05, 0.1) is 17.4 Å². The van der Waals surface area contributed by atoms with Crippen LogP contribution in [0.1, 0.15) is 4.88 Å². The summed E-state index contributed by atoms with van der Waals surface area (Å²) < 4.78 is 2.22. The number of hydrogen-bond donors (Lipinski definition) is 0. The van der Waals surface area contributed by atoms with E-state index in [-0.39, 0.29) is 0 Å². The first-order valence-electron chi connectivity index (χ1n) is 5.36. The summed E-state index contributed by atoms with van der Waals surface area (Å²) in [5.41, 5.74) is 2.30. The van der Waals surface area contributed by atoms with Crippen LogP contribution in [0.25, 0.3) is 11.0 Å². The van der Waals surface area contributed by atoms with Gasteiger partial charge in [0.2, 0.25) is 0 Å². The number of fused-ring (bicyclic) bond motifs is 1. The molecule has 0 radical (unpaired) electrons. The Balaban J connectivity index is 1.84. The summed E-state index contributed by atoms with van der Waals surface area (Å²) in [4.78, 5) is 5.81. The molecule has 2 nitrogen and oxygen atoms in total. The Labute approximate surface area is 98.2 Å². The maximum atomic E-state index is 4.38. The van der Waals surface area contributed by atoms with E-state index >= 15 is 0 Å². The van der Waals surface area contributed by atoms with Crippen molar-refractivity contribution in [1.29, 1.82) is 0 Å². The maximum Gasteiger partial charge on any atom is 0.0958 e. The molecule has 3 aromatic rings. The van der Waals surface area contributed by atoms with E-state index in [1.54, 1.807) is 0 Å². The fourth-order valence-electron chi connectivity index (χ4n) is 1.87. The van der Waals surface area contributed by atoms with E-state index in [1.807, 2.05) is 23.7 Å². The number of rotatable bonds is 3. The number of nitrogens with zero attached hydrogens (tertiary/aromatic N) is 2. The van der Waals surface area contributed by atoms with Gasteiger partial charge in [-0.15, -0.1) is 11.3 Å². The lowest BCUT2D eigenvalue weighted by Gasteiger charge is -2.02. The van der Waals surface area contributed by atoms with Crippen molar-refractivity contribution < 1.29 is 0 Å². The molecule has 0 aliphatic rings. The molecule has 2 aromatic heterocycles. The minimum Gasteiger partial charge on any atom is -0.330 e. The molecule has 80 valence electrons. The molecule has 16 heavy (non-hydrogen) atoms. The Morgan fingerprint density at radius 3 is 2.94 bits per heavy atom. The molecule has 0 unspecified atom stereocenters. The van der Waals surface area contributed by atoms with Crippen LogP contribution in [0.15, 0.2) is 48.1 Å². The van der Waals surface area contributed by atoms with E-state index in [4.69, 9.17) is 0 Å². The molecule has 0 aliphatic heterocycles. The second kappa shape index (κ2) is 4.10. The summed E-state index contributed by atoms with van der Waals surface area (Å²) in [5, 5.41) is 2.13. The maximum absolute atomic E-state index is 4.38. The second-order valence-corrected chi connectivity index (χ2v) is 4.79. The van der Waals surface area contributed by atoms with E-state index in [2.05, 4.69) is 45.3 Å². The Hall–Kier alpha value is -1.61. The highest BCUT2D eigenvalue weighted by Crippen LogP contribution is 2.14. The predicted molar refractivity (Wildman–Crippen MR) is 67.8 cm³/mol. The number of benzene rings is 1. The number of aryl methyl sites for hydroxylation is 2. The highest BCUT2D eigenvalue weighted by atomic mass is 32.1. The average molecular weight is 228 g/mol. The van der Waals surface area contributed by atoms with Gasteiger partial charge in [0.25, 0.3) is 0 Å². The molecule has 0 bridgehead atoms. The minimum atomic E-state index is 1.00. The molecular weight excluding hydrogens is 216 g/mol. The molecule has 3 heteroatoms. The van der Waals surface area contributed by atoms with Gasteiger partial charge in [-0.05, 0) is 30.0 Å². The summed E-state index contributed by atoms with van der Waals surface area (Å²) >= 11 is 1.82. The molecule has 0 atom stereocenters. The summed E-state index contributed by atoms with van der Waals surface area (Å²) in [6.07, 6.45) is 3.01. The van der Waals surface area contributed by atoms with Crippen molar-refractivity contribution in [3.05, 3.63) is 53.0 Å². The fraction of sp³-hybridized carbons (Fsp3) is 0.154. The standard InChI is InChI=1S/C13H12N2S/c1-2-6-13-12(5-1)14-10-15(13)8-7-11-4-3-9-16-11/h1-6,9-10H,7-8H2. The molecule has 0 saturated carbocycles. The second-order valence-electron chi connectivity index (χ2n) is 3.76. The van der Waals surface area contributed by atoms with E-state index < -0.39 is 0 Å². The molecule has 0 aliphatic carbocycles. The average Bonchev–Trinajstić information content (AvgIpc) is 2.96. The third-order valence-electron chi connectivity index (χ3n) is 2.71. The van der Waals surface area contributed by atoms with E-state index in [9.17, 15) is 0 Å². The fourth-order valence-corrected chi connectivity index (χ4v) is 2.57. The monoisotopic (exact) mass is 228 g/mol. The van der Waals surface area contributed by atoms with Gasteiger partial charge < -0.3 is 4.57 Å². The first-order chi connectivity index (χ1) is 7.93. The molecule has 2 heterocycles. The first-order valence-corrected chi connectivity index (χ1v) is 6.24. The Morgan fingerprint density at radius 1 is 1.12 bits per heavy atom. The van der Waals surface area contributed by atoms with Crippen molar-refractivity contribution in [2.45, 2.75) is 13.0 Å². The van der Waals surface area contributed by atoms with Gasteiger partial charge in [0.1, 0.15) is 0 Å². The van der Waals surface area contributed by atoms with Crippen molar-refractivity contribution in [2.75, 3.05) is 0 Å². The summed E-state index contributed by atoms with van der Waals surface area (Å²) in [6.45, 7) is 1.00. The Bertz CT molecular complexity index is 581. The van der Waals surface area contributed by atoms with Gasteiger partial charge in [0.15, 0.2) is 0 Å². The Morgan fingerprint density at radius 2 is 2.06 bits per heavy atom. The van der Waals surface area contributed by atoms with Crippen LogP contribution in [0, 0.1) is 0 Å². The van der Waals surface area contributed by atoms with Gasteiger partial charge in [0, 0.05) is 11.4 Å². The van der Waals surface area contributed by atoms with Gasteiger partial charge in [-0.1, -0.05) is 18.2 Å². The largest absolute Gasteiger partial charge is 0.330 e. The van der Waals surface area contributed by atoms with Crippen LogP contribution >= 0.6 is 11.3 Å². The summed E-state index contributed by atoms with van der Waals surface area (Å²) in [7, 11) is 0. The molecule has 0 fully saturated rings. The number of imidazole rings is 1. The normalized spacial score (nSPS) is 11.0. The number of aromatic nitrogens is 2. The zero-order chi connectivity index (χ0) is 10.8. The van der Waals surface area contributed by atoms with Crippen LogP contribution in [-0.2, 0) is 13.0 Å². The van der Waals surface area contributed by atoms with Gasteiger partial charge in [-0.2, -0.15) is 0 Å². The van der Waals surface area contributed by atoms with E-state index in [1.165, 1.54) is 10.4 Å². The molecule has 0 saturated heterocycles. The molecule has 0 spiro atoms. The molecule has 3 rings (SSSR count). The third kappa shape index (κ3) is 1.74. The van der Waals surface area contributed by atoms with Crippen molar-refractivity contribution in [2.24, 2.45) is 0 Å². The zero-order valence-corrected chi connectivity index (χ0v) is 9.65. The highest BCUT2D eigenvalue weighted by Gasteiger charge is 2.01. The van der Waals surface area contributed by atoms with Crippen LogP contribution < -0.4 is 0 Å². The molecule has 0 amide bonds. The lowest BCUT2D eigenvalue weighted by Crippen LogP contribution is -1.98. The van der Waals surface area contributed by atoms with Crippen LogP contribution in [0.2, 0.25) is 0 Å². The molecule has 1 aromatic carbocycles. The van der Waals surface area contributed by atoms with Crippen LogP contribution in [0.3, 0.4) is 0 Å². The molecule has 0 N–H and O–H groups in total. The quantitative estimate of drug-likeness (QED) is 0.672. The lowest BCUT2D eigenvalue weighted by molar-refractivity contribution is 0.722. The Kier molecular flexibility index (Phi) is 2.46. The van der Waals surface area contributed by atoms with Crippen molar-refractivity contribution in [3.8, 4) is 0 Å².